The first-order valence-electron chi connectivity index (χ1n) is 10.5. The lowest BCUT2D eigenvalue weighted by Crippen LogP contribution is -2.49. The molecule has 1 aliphatic rings. The number of rotatable bonds is 11. The molecule has 1 heterocycles. The maximum Gasteiger partial charge on any atom is 0.408 e. The predicted octanol–water partition coefficient (Wildman–Crippen LogP) is 1.82. The fraction of sp³-hybridized carbons (Fsp3) is 0.545. The second-order valence-corrected chi connectivity index (χ2v) is 8.10. The molecule has 176 valence electrons. The number of carbonyl (C=O) groups is 4. The number of carbonyl (C=O) groups excluding carboxylic acids is 4. The smallest absolute Gasteiger partial charge is 0.408 e. The topological polar surface area (TPSA) is 114 Å². The van der Waals surface area contributed by atoms with Gasteiger partial charge in [0.05, 0.1) is 12.1 Å². The molecule has 0 aliphatic carbocycles. The molecule has 1 fully saturated rings. The van der Waals surface area contributed by atoms with E-state index in [0.29, 0.717) is 24.8 Å². The lowest BCUT2D eigenvalue weighted by atomic mass is 9.98. The highest BCUT2D eigenvalue weighted by molar-refractivity contribution is 5.86. The van der Waals surface area contributed by atoms with Gasteiger partial charge >= 0.3 is 6.09 Å². The van der Waals surface area contributed by atoms with E-state index in [-0.39, 0.29) is 18.7 Å². The zero-order valence-electron chi connectivity index (χ0n) is 18.1. The first kappa shape index (κ1) is 25.2. The Kier molecular flexibility index (Phi) is 9.55. The monoisotopic (exact) mass is 453 g/mol. The number of hydrogen-bond acceptors (Lipinski definition) is 5. The Morgan fingerprint density at radius 1 is 1.22 bits per heavy atom. The summed E-state index contributed by atoms with van der Waals surface area (Å²) in [5.41, 5.74) is 0.674. The van der Waals surface area contributed by atoms with E-state index in [0.717, 1.165) is 0 Å². The highest BCUT2D eigenvalue weighted by atomic mass is 19.3. The van der Waals surface area contributed by atoms with Gasteiger partial charge in [0.15, 0.2) is 6.10 Å². The zero-order valence-corrected chi connectivity index (χ0v) is 18.1. The van der Waals surface area contributed by atoms with E-state index < -0.39 is 48.4 Å². The number of halogens is 2. The van der Waals surface area contributed by atoms with Gasteiger partial charge in [-0.3, -0.25) is 9.59 Å². The van der Waals surface area contributed by atoms with E-state index >= 15 is 0 Å². The number of benzene rings is 1. The average molecular weight is 453 g/mol. The Balaban J connectivity index is 2.08. The summed E-state index contributed by atoms with van der Waals surface area (Å²) in [5.74, 6) is -1.90. The van der Waals surface area contributed by atoms with Gasteiger partial charge < -0.3 is 25.5 Å². The van der Waals surface area contributed by atoms with Gasteiger partial charge in [-0.1, -0.05) is 44.2 Å². The summed E-state index contributed by atoms with van der Waals surface area (Å²) in [6.45, 7) is 3.56. The fourth-order valence-electron chi connectivity index (χ4n) is 3.44. The molecule has 3 N–H and O–H groups in total. The predicted molar refractivity (Wildman–Crippen MR) is 112 cm³/mol. The molecule has 0 saturated carbocycles. The molecule has 8 nitrogen and oxygen atoms in total. The standard InChI is InChI=1S/C22H29F2N3O5/c1-13(2)18(19(23)24)27-22(31)32-17(10-14-6-4-3-5-7-14)21(30)26-16(12-28)11-15-8-9-25-20(15)29/h3-7,12-13,15-19H,8-11H2,1-2H3,(H,25,29)(H,26,30)(H,27,31)/t15-,16-,17-,18?/m0/s1. The number of nitrogens with one attached hydrogen (secondary N) is 3. The maximum absolute atomic E-state index is 13.2. The molecule has 0 bridgehead atoms. The summed E-state index contributed by atoms with van der Waals surface area (Å²) in [7, 11) is 0. The molecule has 4 atom stereocenters. The summed E-state index contributed by atoms with van der Waals surface area (Å²) in [4.78, 5) is 48.4. The number of alkyl halides is 2. The molecule has 1 saturated heterocycles. The van der Waals surface area contributed by atoms with Crippen LogP contribution < -0.4 is 16.0 Å². The number of aldehydes is 1. The Bertz CT molecular complexity index is 783. The van der Waals surface area contributed by atoms with Crippen LogP contribution in [0.25, 0.3) is 0 Å². The minimum Gasteiger partial charge on any atom is -0.436 e. The van der Waals surface area contributed by atoms with Crippen molar-refractivity contribution in [3.05, 3.63) is 35.9 Å². The van der Waals surface area contributed by atoms with Crippen LogP contribution in [0.5, 0.6) is 0 Å². The molecule has 0 radical (unpaired) electrons. The molecule has 1 aliphatic heterocycles. The quantitative estimate of drug-likeness (QED) is 0.443. The molecule has 2 rings (SSSR count). The van der Waals surface area contributed by atoms with Crippen molar-refractivity contribution in [3.63, 3.8) is 0 Å². The second-order valence-electron chi connectivity index (χ2n) is 8.10. The van der Waals surface area contributed by atoms with Crippen molar-refractivity contribution in [1.82, 2.24) is 16.0 Å². The third-order valence-corrected chi connectivity index (χ3v) is 5.27. The van der Waals surface area contributed by atoms with E-state index in [1.165, 1.54) is 13.8 Å². The van der Waals surface area contributed by atoms with Gasteiger partial charge in [0.25, 0.3) is 12.3 Å². The van der Waals surface area contributed by atoms with Crippen molar-refractivity contribution in [1.29, 1.82) is 0 Å². The highest BCUT2D eigenvalue weighted by Crippen LogP contribution is 2.16. The molecule has 3 amide bonds. The maximum atomic E-state index is 13.2. The van der Waals surface area contributed by atoms with Gasteiger partial charge in [-0.2, -0.15) is 0 Å². The van der Waals surface area contributed by atoms with Crippen molar-refractivity contribution in [2.24, 2.45) is 11.8 Å². The normalized spacial score (nSPS) is 18.6. The molecular weight excluding hydrogens is 424 g/mol. The van der Waals surface area contributed by atoms with Crippen LogP contribution in [0.3, 0.4) is 0 Å². The number of hydrogen-bond donors (Lipinski definition) is 3. The van der Waals surface area contributed by atoms with Gasteiger partial charge in [0.1, 0.15) is 6.29 Å². The summed E-state index contributed by atoms with van der Waals surface area (Å²) in [6.07, 6.45) is -4.14. The lowest BCUT2D eigenvalue weighted by molar-refractivity contribution is -0.132. The Labute approximate surface area is 185 Å². The minimum absolute atomic E-state index is 0.0173. The molecule has 1 unspecified atom stereocenters. The molecule has 1 aromatic carbocycles. The van der Waals surface area contributed by atoms with E-state index in [1.807, 2.05) is 0 Å². The van der Waals surface area contributed by atoms with Crippen molar-refractivity contribution in [2.75, 3.05) is 6.54 Å². The first-order chi connectivity index (χ1) is 15.2. The zero-order chi connectivity index (χ0) is 23.7. The van der Waals surface area contributed by atoms with E-state index in [9.17, 15) is 28.0 Å². The average Bonchev–Trinajstić information content (AvgIpc) is 3.15. The minimum atomic E-state index is -2.80. The van der Waals surface area contributed by atoms with Crippen LogP contribution in [0.4, 0.5) is 13.6 Å². The fourth-order valence-corrected chi connectivity index (χ4v) is 3.44. The van der Waals surface area contributed by atoms with Gasteiger partial charge in [0.2, 0.25) is 5.91 Å². The lowest BCUT2D eigenvalue weighted by Gasteiger charge is -2.24. The van der Waals surface area contributed by atoms with Crippen molar-refractivity contribution >= 4 is 24.2 Å². The summed E-state index contributed by atoms with van der Waals surface area (Å²) in [6, 6.07) is 6.30. The van der Waals surface area contributed by atoms with E-state index in [2.05, 4.69) is 16.0 Å². The van der Waals surface area contributed by atoms with E-state index in [4.69, 9.17) is 4.74 Å². The molecule has 1 aromatic rings. The van der Waals surface area contributed by atoms with Crippen LogP contribution >= 0.6 is 0 Å². The number of alkyl carbamates (subject to hydrolysis) is 1. The molecule has 32 heavy (non-hydrogen) atoms. The third-order valence-electron chi connectivity index (χ3n) is 5.27. The van der Waals surface area contributed by atoms with Crippen LogP contribution in [-0.2, 0) is 25.5 Å². The molecule has 0 aromatic heterocycles. The van der Waals surface area contributed by atoms with Gasteiger partial charge in [-0.15, -0.1) is 0 Å². The van der Waals surface area contributed by atoms with Crippen LogP contribution in [0.2, 0.25) is 0 Å². The summed E-state index contributed by atoms with van der Waals surface area (Å²) in [5, 5.41) is 7.27. The Morgan fingerprint density at radius 2 is 1.91 bits per heavy atom. The number of amides is 3. The van der Waals surface area contributed by atoms with Crippen molar-refractivity contribution in [2.45, 2.75) is 57.7 Å². The summed E-state index contributed by atoms with van der Waals surface area (Å²) < 4.78 is 31.5. The largest absolute Gasteiger partial charge is 0.436 e. The highest BCUT2D eigenvalue weighted by Gasteiger charge is 2.32. The Morgan fingerprint density at radius 3 is 2.44 bits per heavy atom. The van der Waals surface area contributed by atoms with Crippen LogP contribution in [-0.4, -0.2) is 55.4 Å². The molecule has 10 heteroatoms. The van der Waals surface area contributed by atoms with Crippen LogP contribution in [0.1, 0.15) is 32.3 Å². The first-order valence-corrected chi connectivity index (χ1v) is 10.5. The summed E-state index contributed by atoms with van der Waals surface area (Å²) >= 11 is 0. The van der Waals surface area contributed by atoms with E-state index in [1.54, 1.807) is 30.3 Å². The SMILES string of the molecule is CC(C)C(NC(=O)O[C@@H](Cc1ccccc1)C(=O)N[C@H](C=O)C[C@@H]1CCNC1=O)C(F)F. The molecule has 0 spiro atoms. The molecular formula is C22H29F2N3O5. The third kappa shape index (κ3) is 7.58. The van der Waals surface area contributed by atoms with Crippen molar-refractivity contribution in [3.8, 4) is 0 Å². The van der Waals surface area contributed by atoms with Gasteiger partial charge in [-0.05, 0) is 24.3 Å². The number of ether oxygens (including phenoxy) is 1. The van der Waals surface area contributed by atoms with Gasteiger partial charge in [0, 0.05) is 18.9 Å². The Hall–Kier alpha value is -3.04. The van der Waals surface area contributed by atoms with Crippen molar-refractivity contribution < 1.29 is 32.7 Å². The van der Waals surface area contributed by atoms with Crippen LogP contribution in [0.15, 0.2) is 30.3 Å². The van der Waals surface area contributed by atoms with Gasteiger partial charge in [-0.25, -0.2) is 13.6 Å². The van der Waals surface area contributed by atoms with Crippen LogP contribution in [0, 0.1) is 11.8 Å². The second kappa shape index (κ2) is 12.1.